The predicted octanol–water partition coefficient (Wildman–Crippen LogP) is 3.62. The van der Waals surface area contributed by atoms with Gasteiger partial charge < -0.3 is 10.6 Å². The summed E-state index contributed by atoms with van der Waals surface area (Å²) >= 11 is 1.72. The molecule has 1 aromatic carbocycles. The molecule has 1 amide bonds. The van der Waals surface area contributed by atoms with Crippen LogP contribution in [0.3, 0.4) is 0 Å². The maximum atomic E-state index is 12.1. The lowest BCUT2D eigenvalue weighted by molar-refractivity contribution is -0.125. The van der Waals surface area contributed by atoms with Crippen LogP contribution in [0.5, 0.6) is 0 Å². The second kappa shape index (κ2) is 10.8. The molecule has 2 N–H and O–H groups in total. The Balaban J connectivity index is 0.00000156. The number of rotatable bonds is 5. The SMILES string of the molecule is Cc1sc(CCNC(=O)C2CCCNC2)nc1-c1ccccc1.Cl.Cl. The summed E-state index contributed by atoms with van der Waals surface area (Å²) in [7, 11) is 0. The van der Waals surface area contributed by atoms with Crippen molar-refractivity contribution in [1.29, 1.82) is 0 Å². The molecule has 1 fully saturated rings. The van der Waals surface area contributed by atoms with Gasteiger partial charge in [0.25, 0.3) is 0 Å². The van der Waals surface area contributed by atoms with E-state index in [9.17, 15) is 4.79 Å². The van der Waals surface area contributed by atoms with Crippen molar-refractivity contribution in [3.8, 4) is 11.3 Å². The first kappa shape index (κ1) is 21.9. The monoisotopic (exact) mass is 401 g/mol. The summed E-state index contributed by atoms with van der Waals surface area (Å²) in [5, 5.41) is 7.43. The van der Waals surface area contributed by atoms with Crippen molar-refractivity contribution in [3.05, 3.63) is 40.2 Å². The van der Waals surface area contributed by atoms with Gasteiger partial charge in [0.1, 0.15) is 0 Å². The number of carbonyl (C=O) groups is 1. The molecule has 0 bridgehead atoms. The number of aryl methyl sites for hydroxylation is 1. The zero-order chi connectivity index (χ0) is 16.1. The molecular weight excluding hydrogens is 377 g/mol. The number of nitrogens with zero attached hydrogens (tertiary/aromatic N) is 1. The van der Waals surface area contributed by atoms with Crippen LogP contribution in [0.15, 0.2) is 30.3 Å². The summed E-state index contributed by atoms with van der Waals surface area (Å²) in [4.78, 5) is 18.1. The molecule has 0 aliphatic carbocycles. The summed E-state index contributed by atoms with van der Waals surface area (Å²) in [5.74, 6) is 0.301. The molecule has 1 saturated heterocycles. The third-order valence-corrected chi connectivity index (χ3v) is 5.22. The maximum Gasteiger partial charge on any atom is 0.224 e. The Hall–Kier alpha value is -1.14. The van der Waals surface area contributed by atoms with Gasteiger partial charge in [-0.15, -0.1) is 36.2 Å². The normalized spacial score (nSPS) is 16.4. The van der Waals surface area contributed by atoms with Gasteiger partial charge in [0, 0.05) is 30.0 Å². The van der Waals surface area contributed by atoms with Gasteiger partial charge in [-0.25, -0.2) is 4.98 Å². The zero-order valence-electron chi connectivity index (χ0n) is 14.3. The van der Waals surface area contributed by atoms with Crippen LogP contribution in [0.2, 0.25) is 0 Å². The molecule has 138 valence electrons. The number of amides is 1. The summed E-state index contributed by atoms with van der Waals surface area (Å²) < 4.78 is 0. The highest BCUT2D eigenvalue weighted by Gasteiger charge is 2.20. The topological polar surface area (TPSA) is 54.0 Å². The van der Waals surface area contributed by atoms with Gasteiger partial charge >= 0.3 is 0 Å². The molecule has 0 radical (unpaired) electrons. The molecular formula is C18H25Cl2N3OS. The number of nitrogens with one attached hydrogen (secondary N) is 2. The molecule has 1 aliphatic rings. The summed E-state index contributed by atoms with van der Waals surface area (Å²) in [5.41, 5.74) is 2.22. The number of halogens is 2. The van der Waals surface area contributed by atoms with Gasteiger partial charge in [-0.3, -0.25) is 4.79 Å². The summed E-state index contributed by atoms with van der Waals surface area (Å²) in [6.45, 7) is 4.61. The van der Waals surface area contributed by atoms with Crippen LogP contribution in [-0.2, 0) is 11.2 Å². The molecule has 1 aliphatic heterocycles. The molecule has 3 rings (SSSR count). The zero-order valence-corrected chi connectivity index (χ0v) is 16.7. The molecule has 2 heterocycles. The van der Waals surface area contributed by atoms with Gasteiger partial charge in [-0.05, 0) is 26.3 Å². The first-order valence-electron chi connectivity index (χ1n) is 8.24. The highest BCUT2D eigenvalue weighted by atomic mass is 35.5. The Labute approximate surface area is 165 Å². The number of hydrogen-bond acceptors (Lipinski definition) is 4. The van der Waals surface area contributed by atoms with E-state index in [1.165, 1.54) is 4.88 Å². The molecule has 0 saturated carbocycles. The molecule has 0 spiro atoms. The van der Waals surface area contributed by atoms with E-state index in [4.69, 9.17) is 4.98 Å². The molecule has 2 aromatic rings. The molecule has 1 aromatic heterocycles. The highest BCUT2D eigenvalue weighted by molar-refractivity contribution is 7.12. The van der Waals surface area contributed by atoms with Crippen molar-refractivity contribution in [1.82, 2.24) is 15.6 Å². The van der Waals surface area contributed by atoms with E-state index in [1.807, 2.05) is 18.2 Å². The number of aromatic nitrogens is 1. The van der Waals surface area contributed by atoms with Crippen LogP contribution in [0, 0.1) is 12.8 Å². The molecule has 1 unspecified atom stereocenters. The van der Waals surface area contributed by atoms with Crippen LogP contribution in [0.1, 0.15) is 22.7 Å². The first-order chi connectivity index (χ1) is 11.2. The van der Waals surface area contributed by atoms with E-state index >= 15 is 0 Å². The molecule has 1 atom stereocenters. The number of piperidine rings is 1. The largest absolute Gasteiger partial charge is 0.355 e. The number of benzene rings is 1. The van der Waals surface area contributed by atoms with Crippen molar-refractivity contribution in [2.75, 3.05) is 19.6 Å². The lowest BCUT2D eigenvalue weighted by Gasteiger charge is -2.21. The van der Waals surface area contributed by atoms with Crippen LogP contribution in [0.25, 0.3) is 11.3 Å². The quantitative estimate of drug-likeness (QED) is 0.803. The minimum atomic E-state index is 0. The van der Waals surface area contributed by atoms with Gasteiger partial charge in [-0.2, -0.15) is 0 Å². The second-order valence-electron chi connectivity index (χ2n) is 5.96. The Bertz CT molecular complexity index is 658. The van der Waals surface area contributed by atoms with E-state index in [0.29, 0.717) is 6.54 Å². The third-order valence-electron chi connectivity index (χ3n) is 4.19. The summed E-state index contributed by atoms with van der Waals surface area (Å²) in [6.07, 6.45) is 2.88. The predicted molar refractivity (Wildman–Crippen MR) is 109 cm³/mol. The van der Waals surface area contributed by atoms with Crippen molar-refractivity contribution >= 4 is 42.1 Å². The standard InChI is InChI=1S/C18H23N3OS.2ClH/c1-13-17(14-6-3-2-4-7-14)21-16(23-13)9-11-20-18(22)15-8-5-10-19-12-15;;/h2-4,6-7,15,19H,5,8-12H2,1H3,(H,20,22);2*1H. The molecule has 25 heavy (non-hydrogen) atoms. The van der Waals surface area contributed by atoms with Gasteiger partial charge in [0.05, 0.1) is 16.6 Å². The fourth-order valence-corrected chi connectivity index (χ4v) is 3.89. The Morgan fingerprint density at radius 3 is 2.76 bits per heavy atom. The van der Waals surface area contributed by atoms with Crippen molar-refractivity contribution in [2.24, 2.45) is 5.92 Å². The fourth-order valence-electron chi connectivity index (χ4n) is 2.93. The van der Waals surface area contributed by atoms with Gasteiger partial charge in [0.15, 0.2) is 0 Å². The lowest BCUT2D eigenvalue weighted by Crippen LogP contribution is -2.41. The Kier molecular flexibility index (Phi) is 9.43. The third kappa shape index (κ3) is 5.96. The second-order valence-corrected chi connectivity index (χ2v) is 7.25. The van der Waals surface area contributed by atoms with Crippen LogP contribution >= 0.6 is 36.2 Å². The van der Waals surface area contributed by atoms with E-state index < -0.39 is 0 Å². The highest BCUT2D eigenvalue weighted by Crippen LogP contribution is 2.27. The molecule has 7 heteroatoms. The average molecular weight is 402 g/mol. The minimum absolute atomic E-state index is 0. The van der Waals surface area contributed by atoms with Gasteiger partial charge in [0.2, 0.25) is 5.91 Å². The van der Waals surface area contributed by atoms with Crippen LogP contribution in [0.4, 0.5) is 0 Å². The van der Waals surface area contributed by atoms with E-state index in [0.717, 1.165) is 48.6 Å². The first-order valence-corrected chi connectivity index (χ1v) is 9.06. The lowest BCUT2D eigenvalue weighted by atomic mass is 9.99. The number of carbonyl (C=O) groups excluding carboxylic acids is 1. The van der Waals surface area contributed by atoms with Gasteiger partial charge in [-0.1, -0.05) is 30.3 Å². The van der Waals surface area contributed by atoms with Crippen LogP contribution < -0.4 is 10.6 Å². The average Bonchev–Trinajstić information content (AvgIpc) is 2.97. The van der Waals surface area contributed by atoms with Crippen molar-refractivity contribution in [3.63, 3.8) is 0 Å². The van der Waals surface area contributed by atoms with E-state index in [-0.39, 0.29) is 36.6 Å². The molecule has 4 nitrogen and oxygen atoms in total. The Morgan fingerprint density at radius 1 is 1.32 bits per heavy atom. The minimum Gasteiger partial charge on any atom is -0.355 e. The van der Waals surface area contributed by atoms with E-state index in [2.05, 4.69) is 29.7 Å². The summed E-state index contributed by atoms with van der Waals surface area (Å²) in [6, 6.07) is 10.3. The van der Waals surface area contributed by atoms with E-state index in [1.54, 1.807) is 11.3 Å². The van der Waals surface area contributed by atoms with Crippen molar-refractivity contribution < 1.29 is 4.79 Å². The van der Waals surface area contributed by atoms with Crippen molar-refractivity contribution in [2.45, 2.75) is 26.2 Å². The number of hydrogen-bond donors (Lipinski definition) is 2. The number of thiazole rings is 1. The van der Waals surface area contributed by atoms with Crippen LogP contribution in [-0.4, -0.2) is 30.5 Å². The smallest absolute Gasteiger partial charge is 0.224 e. The fraction of sp³-hybridized carbons (Fsp3) is 0.444. The Morgan fingerprint density at radius 2 is 2.08 bits per heavy atom. The maximum absolute atomic E-state index is 12.1.